The van der Waals surface area contributed by atoms with Gasteiger partial charge in [-0.15, -0.1) is 0 Å². The van der Waals surface area contributed by atoms with Crippen LogP contribution in [0.3, 0.4) is 0 Å². The summed E-state index contributed by atoms with van der Waals surface area (Å²) in [5.74, 6) is 0.659. The molecule has 0 fully saturated rings. The van der Waals surface area contributed by atoms with E-state index >= 15 is 0 Å². The summed E-state index contributed by atoms with van der Waals surface area (Å²) < 4.78 is 25.4. The maximum Gasteiger partial charge on any atom is 0.262 e. The van der Waals surface area contributed by atoms with E-state index in [0.29, 0.717) is 29.2 Å². The van der Waals surface area contributed by atoms with E-state index in [0.717, 1.165) is 11.3 Å². The number of likely N-dealkylation sites (N-methyl/N-ethyl adjacent to an activating group) is 1. The van der Waals surface area contributed by atoms with Crippen LogP contribution in [0.15, 0.2) is 77.9 Å². The van der Waals surface area contributed by atoms with E-state index in [4.69, 9.17) is 9.47 Å². The van der Waals surface area contributed by atoms with Crippen LogP contribution in [-0.4, -0.2) is 44.4 Å². The van der Waals surface area contributed by atoms with Gasteiger partial charge in [0.25, 0.3) is 5.91 Å². The van der Waals surface area contributed by atoms with Crippen molar-refractivity contribution in [1.82, 2.24) is 5.01 Å². The maximum atomic E-state index is 14.5. The molecule has 170 valence electrons. The van der Waals surface area contributed by atoms with Gasteiger partial charge < -0.3 is 14.4 Å². The Morgan fingerprint density at radius 3 is 2.48 bits per heavy atom. The molecule has 0 bridgehead atoms. The van der Waals surface area contributed by atoms with Gasteiger partial charge in [0, 0.05) is 36.3 Å². The second-order valence-electron chi connectivity index (χ2n) is 7.78. The van der Waals surface area contributed by atoms with Crippen LogP contribution in [0.4, 0.5) is 10.1 Å². The Morgan fingerprint density at radius 1 is 1.06 bits per heavy atom. The van der Waals surface area contributed by atoms with Crippen LogP contribution in [0.5, 0.6) is 11.5 Å². The van der Waals surface area contributed by atoms with Crippen LogP contribution < -0.4 is 14.4 Å². The van der Waals surface area contributed by atoms with E-state index in [2.05, 4.69) is 5.10 Å². The van der Waals surface area contributed by atoms with Crippen molar-refractivity contribution in [2.45, 2.75) is 12.5 Å². The highest BCUT2D eigenvalue weighted by Gasteiger charge is 2.36. The molecular weight excluding hydrogens is 421 g/mol. The lowest BCUT2D eigenvalue weighted by molar-refractivity contribution is -0.131. The third-order valence-corrected chi connectivity index (χ3v) is 5.72. The molecule has 4 rings (SSSR count). The second kappa shape index (κ2) is 9.73. The average molecular weight is 448 g/mol. The number of benzene rings is 3. The molecule has 3 aromatic rings. The number of halogens is 1. The molecule has 0 saturated heterocycles. The van der Waals surface area contributed by atoms with Crippen molar-refractivity contribution in [2.75, 3.05) is 32.7 Å². The quantitative estimate of drug-likeness (QED) is 0.529. The third-order valence-electron chi connectivity index (χ3n) is 5.72. The number of nitrogens with zero attached hydrogens (tertiary/aromatic N) is 3. The summed E-state index contributed by atoms with van der Waals surface area (Å²) in [6, 6.07) is 21.1. The predicted octanol–water partition coefficient (Wildman–Crippen LogP) is 4.66. The lowest BCUT2D eigenvalue weighted by Crippen LogP contribution is -2.36. The van der Waals surface area contributed by atoms with Crippen LogP contribution in [-0.2, 0) is 4.79 Å². The number of ether oxygens (including phenoxy) is 2. The van der Waals surface area contributed by atoms with Crippen molar-refractivity contribution < 1.29 is 18.7 Å². The first-order valence-electron chi connectivity index (χ1n) is 10.6. The van der Waals surface area contributed by atoms with Crippen molar-refractivity contribution in [3.63, 3.8) is 0 Å². The van der Waals surface area contributed by atoms with Crippen LogP contribution in [0.25, 0.3) is 0 Å². The third kappa shape index (κ3) is 4.67. The largest absolute Gasteiger partial charge is 0.497 e. The van der Waals surface area contributed by atoms with Gasteiger partial charge >= 0.3 is 0 Å². The molecule has 1 unspecified atom stereocenters. The van der Waals surface area contributed by atoms with Gasteiger partial charge in [0.1, 0.15) is 17.3 Å². The van der Waals surface area contributed by atoms with Gasteiger partial charge in [-0.25, -0.2) is 9.40 Å². The van der Waals surface area contributed by atoms with Crippen molar-refractivity contribution in [3.05, 3.63) is 89.7 Å². The van der Waals surface area contributed by atoms with Gasteiger partial charge in [-0.3, -0.25) is 4.79 Å². The van der Waals surface area contributed by atoms with Gasteiger partial charge in [-0.1, -0.05) is 36.4 Å². The summed E-state index contributed by atoms with van der Waals surface area (Å²) in [4.78, 5) is 15.3. The number of para-hydroxylation sites is 1. The number of hydrazone groups is 1. The molecule has 7 heteroatoms. The van der Waals surface area contributed by atoms with Gasteiger partial charge in [0.15, 0.2) is 0 Å². The zero-order valence-corrected chi connectivity index (χ0v) is 18.9. The van der Waals surface area contributed by atoms with E-state index in [9.17, 15) is 9.18 Å². The van der Waals surface area contributed by atoms with Crippen LogP contribution >= 0.6 is 0 Å². The van der Waals surface area contributed by atoms with E-state index in [1.54, 1.807) is 38.5 Å². The number of rotatable bonds is 7. The van der Waals surface area contributed by atoms with Crippen LogP contribution in [0.1, 0.15) is 23.6 Å². The Hall–Kier alpha value is -3.87. The summed E-state index contributed by atoms with van der Waals surface area (Å²) in [7, 11) is 5.01. The molecule has 3 aromatic carbocycles. The topological polar surface area (TPSA) is 54.4 Å². The normalized spacial score (nSPS) is 15.2. The minimum absolute atomic E-state index is 0.118. The molecule has 1 aliphatic rings. The fourth-order valence-electron chi connectivity index (χ4n) is 3.98. The number of hydrogen-bond acceptors (Lipinski definition) is 5. The van der Waals surface area contributed by atoms with Crippen molar-refractivity contribution in [3.8, 4) is 11.5 Å². The molecule has 0 spiro atoms. The van der Waals surface area contributed by atoms with Crippen molar-refractivity contribution in [1.29, 1.82) is 0 Å². The molecule has 0 radical (unpaired) electrons. The van der Waals surface area contributed by atoms with E-state index in [-0.39, 0.29) is 18.3 Å². The zero-order valence-electron chi connectivity index (χ0n) is 18.9. The number of carbonyl (C=O) groups is 1. The molecular formula is C26H26FN3O3. The summed E-state index contributed by atoms with van der Waals surface area (Å²) in [6.07, 6.45) is 0.365. The predicted molar refractivity (Wildman–Crippen MR) is 126 cm³/mol. The summed E-state index contributed by atoms with van der Waals surface area (Å²) in [5.41, 5.74) is 2.61. The highest BCUT2D eigenvalue weighted by Crippen LogP contribution is 2.39. The molecule has 0 saturated carbocycles. The monoisotopic (exact) mass is 447 g/mol. The second-order valence-corrected chi connectivity index (χ2v) is 7.78. The average Bonchev–Trinajstić information content (AvgIpc) is 3.29. The first kappa shape index (κ1) is 22.3. The van der Waals surface area contributed by atoms with Crippen LogP contribution in [0.2, 0.25) is 0 Å². The maximum absolute atomic E-state index is 14.5. The molecule has 1 amide bonds. The van der Waals surface area contributed by atoms with Gasteiger partial charge in [-0.05, 0) is 30.3 Å². The Balaban J connectivity index is 1.69. The van der Waals surface area contributed by atoms with Crippen molar-refractivity contribution >= 4 is 17.3 Å². The molecule has 1 aliphatic heterocycles. The van der Waals surface area contributed by atoms with Crippen molar-refractivity contribution in [2.24, 2.45) is 5.10 Å². The Bertz CT molecular complexity index is 1170. The SMILES string of the molecule is COc1ccc(C2CC(c3ccccc3F)=NN2C(=O)CN(C)c2ccccc2)c(OC)c1. The minimum atomic E-state index is -0.433. The molecule has 0 aliphatic carbocycles. The van der Waals surface area contributed by atoms with Gasteiger partial charge in [0.05, 0.1) is 32.5 Å². The fraction of sp³-hybridized carbons (Fsp3) is 0.231. The Labute approximate surface area is 192 Å². The van der Waals surface area contributed by atoms with E-state index in [1.165, 1.54) is 11.1 Å². The highest BCUT2D eigenvalue weighted by molar-refractivity contribution is 6.03. The Morgan fingerprint density at radius 2 is 1.79 bits per heavy atom. The highest BCUT2D eigenvalue weighted by atomic mass is 19.1. The molecule has 0 aromatic heterocycles. The number of carbonyl (C=O) groups excluding carboxylic acids is 1. The first-order chi connectivity index (χ1) is 16.0. The number of anilines is 1. The number of amides is 1. The van der Waals surface area contributed by atoms with Crippen LogP contribution in [0, 0.1) is 5.82 Å². The molecule has 1 atom stereocenters. The molecule has 0 N–H and O–H groups in total. The van der Waals surface area contributed by atoms with Gasteiger partial charge in [0.2, 0.25) is 0 Å². The summed E-state index contributed by atoms with van der Waals surface area (Å²) in [6.45, 7) is 0.118. The Kier molecular flexibility index (Phi) is 6.58. The first-order valence-corrected chi connectivity index (χ1v) is 10.6. The van der Waals surface area contributed by atoms with Gasteiger partial charge in [-0.2, -0.15) is 5.10 Å². The summed E-state index contributed by atoms with van der Waals surface area (Å²) in [5, 5.41) is 6.04. The fourth-order valence-corrected chi connectivity index (χ4v) is 3.98. The molecule has 33 heavy (non-hydrogen) atoms. The smallest absolute Gasteiger partial charge is 0.262 e. The number of hydrogen-bond donors (Lipinski definition) is 0. The zero-order chi connectivity index (χ0) is 23.4. The minimum Gasteiger partial charge on any atom is -0.497 e. The molecule has 6 nitrogen and oxygen atoms in total. The van der Waals surface area contributed by atoms with E-state index < -0.39 is 6.04 Å². The van der Waals surface area contributed by atoms with E-state index in [1.807, 2.05) is 54.4 Å². The lowest BCUT2D eigenvalue weighted by atomic mass is 9.97. The lowest BCUT2D eigenvalue weighted by Gasteiger charge is -2.26. The standard InChI is InChI=1S/C26H26FN3O3/c1-29(18-9-5-4-6-10-18)17-26(31)30-24(21-14-13-19(32-2)15-25(21)33-3)16-23(28-30)20-11-7-8-12-22(20)27/h4-15,24H,16-17H2,1-3H3. The summed E-state index contributed by atoms with van der Waals surface area (Å²) >= 11 is 0. The number of methoxy groups -OCH3 is 2. The molecule has 1 heterocycles.